The van der Waals surface area contributed by atoms with Crippen molar-refractivity contribution in [2.75, 3.05) is 37.8 Å². The number of aliphatic hydroxyl groups excluding tert-OH is 1. The van der Waals surface area contributed by atoms with Gasteiger partial charge in [0.2, 0.25) is 0 Å². The van der Waals surface area contributed by atoms with Crippen molar-refractivity contribution in [1.29, 1.82) is 0 Å². The number of nitrogens with one attached hydrogen (secondary N) is 2. The van der Waals surface area contributed by atoms with Gasteiger partial charge in [0.25, 0.3) is 5.91 Å². The smallest absolute Gasteiger partial charge is 0.260 e. The average Bonchev–Trinajstić information content (AvgIpc) is 2.76. The Morgan fingerprint density at radius 3 is 2.58 bits per heavy atom. The lowest BCUT2D eigenvalue weighted by atomic mass is 10.0. The number of benzene rings is 2. The summed E-state index contributed by atoms with van der Waals surface area (Å²) < 4.78 is 11.1. The minimum Gasteiger partial charge on any atom is -0.493 e. The van der Waals surface area contributed by atoms with Crippen LogP contribution in [0.1, 0.15) is 19.8 Å². The lowest BCUT2D eigenvalue weighted by Gasteiger charge is -2.34. The molecule has 0 radical (unpaired) electrons. The van der Waals surface area contributed by atoms with Crippen molar-refractivity contribution in [2.45, 2.75) is 38.1 Å². The fourth-order valence-corrected chi connectivity index (χ4v) is 3.62. The molecule has 1 fully saturated rings. The number of aliphatic hydroxyl groups is 1. The molecule has 168 valence electrons. The van der Waals surface area contributed by atoms with E-state index in [-0.39, 0.29) is 11.9 Å². The number of anilines is 2. The molecule has 5 N–H and O–H groups in total. The van der Waals surface area contributed by atoms with Gasteiger partial charge in [0.15, 0.2) is 17.6 Å². The zero-order valence-electron chi connectivity index (χ0n) is 18.1. The number of likely N-dealkylation sites (tertiary alicyclic amines) is 1. The quantitative estimate of drug-likeness (QED) is 0.358. The van der Waals surface area contributed by atoms with Crippen LogP contribution in [0.15, 0.2) is 48.5 Å². The Bertz CT molecular complexity index is 841. The van der Waals surface area contributed by atoms with E-state index in [0.29, 0.717) is 23.7 Å². The number of hydrogen-bond donors (Lipinski definition) is 4. The Hall–Kier alpha value is -2.97. The monoisotopic (exact) mass is 428 g/mol. The van der Waals surface area contributed by atoms with Crippen molar-refractivity contribution in [3.05, 3.63) is 48.5 Å². The third kappa shape index (κ3) is 6.77. The Kier molecular flexibility index (Phi) is 7.97. The van der Waals surface area contributed by atoms with Crippen molar-refractivity contribution >= 4 is 17.3 Å². The number of para-hydroxylation sites is 1. The fourth-order valence-electron chi connectivity index (χ4n) is 3.62. The van der Waals surface area contributed by atoms with E-state index in [1.54, 1.807) is 32.2 Å². The molecule has 0 spiro atoms. The highest BCUT2D eigenvalue weighted by Crippen LogP contribution is 2.30. The Morgan fingerprint density at radius 1 is 1.19 bits per heavy atom. The molecule has 2 aromatic rings. The molecule has 0 bridgehead atoms. The summed E-state index contributed by atoms with van der Waals surface area (Å²) in [5.74, 6) is 0.804. The molecule has 31 heavy (non-hydrogen) atoms. The maximum absolute atomic E-state index is 12.6. The molecule has 1 heterocycles. The van der Waals surface area contributed by atoms with Gasteiger partial charge >= 0.3 is 0 Å². The summed E-state index contributed by atoms with van der Waals surface area (Å²) in [6, 6.07) is 14.8. The molecular formula is C23H32N4O4. The number of amides is 1. The van der Waals surface area contributed by atoms with Gasteiger partial charge < -0.3 is 30.9 Å². The highest BCUT2D eigenvalue weighted by Gasteiger charge is 2.25. The summed E-state index contributed by atoms with van der Waals surface area (Å²) in [4.78, 5) is 14.8. The van der Waals surface area contributed by atoms with E-state index in [0.717, 1.165) is 31.6 Å². The van der Waals surface area contributed by atoms with Crippen LogP contribution < -0.4 is 25.8 Å². The maximum Gasteiger partial charge on any atom is 0.260 e. The summed E-state index contributed by atoms with van der Waals surface area (Å²) in [6.07, 6.45) is 0.317. The number of hydrogen-bond acceptors (Lipinski definition) is 7. The van der Waals surface area contributed by atoms with Crippen molar-refractivity contribution < 1.29 is 19.4 Å². The number of ether oxygens (including phenoxy) is 2. The molecule has 0 saturated carbocycles. The SMILES string of the molecule is COc1ccc(N)cc1OC(C)C(=O)NC1CCN(CC(O)Nc2ccccc2)CC1. The normalized spacial score (nSPS) is 16.9. The van der Waals surface area contributed by atoms with Crippen LogP contribution in [0.2, 0.25) is 0 Å². The topological polar surface area (TPSA) is 109 Å². The van der Waals surface area contributed by atoms with E-state index >= 15 is 0 Å². The van der Waals surface area contributed by atoms with Crippen LogP contribution in [0.4, 0.5) is 11.4 Å². The molecule has 3 rings (SSSR count). The highest BCUT2D eigenvalue weighted by molar-refractivity contribution is 5.81. The van der Waals surface area contributed by atoms with E-state index in [4.69, 9.17) is 15.2 Å². The molecular weight excluding hydrogens is 396 g/mol. The van der Waals surface area contributed by atoms with E-state index in [1.165, 1.54) is 0 Å². The first kappa shape index (κ1) is 22.7. The second-order valence-corrected chi connectivity index (χ2v) is 7.78. The maximum atomic E-state index is 12.6. The number of carbonyl (C=O) groups is 1. The molecule has 1 saturated heterocycles. The van der Waals surface area contributed by atoms with E-state index < -0.39 is 12.3 Å². The van der Waals surface area contributed by atoms with E-state index in [9.17, 15) is 9.90 Å². The van der Waals surface area contributed by atoms with Crippen LogP contribution in [0, 0.1) is 0 Å². The molecule has 8 nitrogen and oxygen atoms in total. The zero-order valence-corrected chi connectivity index (χ0v) is 18.1. The zero-order chi connectivity index (χ0) is 22.2. The van der Waals surface area contributed by atoms with Crippen LogP contribution in [0.3, 0.4) is 0 Å². The van der Waals surface area contributed by atoms with E-state index in [2.05, 4.69) is 15.5 Å². The lowest BCUT2D eigenvalue weighted by molar-refractivity contribution is -0.128. The predicted molar refractivity (Wildman–Crippen MR) is 121 cm³/mol. The molecule has 2 atom stereocenters. The standard InChI is InChI=1S/C23H32N4O4/c1-16(31-21-14-17(24)8-9-20(21)30-2)23(29)26-19-10-12-27(13-11-19)15-22(28)25-18-6-4-3-5-7-18/h3-9,14,16,19,22,25,28H,10-13,15,24H2,1-2H3,(H,26,29). The van der Waals surface area contributed by atoms with Gasteiger partial charge in [-0.2, -0.15) is 0 Å². The summed E-state index contributed by atoms with van der Waals surface area (Å²) in [5, 5.41) is 16.4. The largest absolute Gasteiger partial charge is 0.493 e. The molecule has 1 aliphatic rings. The van der Waals surface area contributed by atoms with Crippen molar-refractivity contribution in [3.63, 3.8) is 0 Å². The number of nitrogens with two attached hydrogens (primary N) is 1. The second-order valence-electron chi connectivity index (χ2n) is 7.78. The number of rotatable bonds is 9. The summed E-state index contributed by atoms with van der Waals surface area (Å²) >= 11 is 0. The van der Waals surface area contributed by atoms with Crippen LogP contribution in [-0.4, -0.2) is 61.0 Å². The van der Waals surface area contributed by atoms with Gasteiger partial charge in [-0.05, 0) is 44.0 Å². The predicted octanol–water partition coefficient (Wildman–Crippen LogP) is 2.06. The van der Waals surface area contributed by atoms with Crippen molar-refractivity contribution in [1.82, 2.24) is 10.2 Å². The van der Waals surface area contributed by atoms with E-state index in [1.807, 2.05) is 30.3 Å². The molecule has 8 heteroatoms. The van der Waals surface area contributed by atoms with Crippen LogP contribution >= 0.6 is 0 Å². The second kappa shape index (κ2) is 10.9. The molecule has 0 aromatic heterocycles. The van der Waals surface area contributed by atoms with Gasteiger partial charge in [0.1, 0.15) is 6.23 Å². The summed E-state index contributed by atoms with van der Waals surface area (Å²) in [7, 11) is 1.54. The minimum atomic E-state index is -0.675. The number of nitrogen functional groups attached to an aromatic ring is 1. The van der Waals surface area contributed by atoms with Gasteiger partial charge in [-0.25, -0.2) is 0 Å². The highest BCUT2D eigenvalue weighted by atomic mass is 16.5. The molecule has 1 aliphatic heterocycles. The third-order valence-electron chi connectivity index (χ3n) is 5.33. The summed E-state index contributed by atoms with van der Waals surface area (Å²) in [6.45, 7) is 3.84. The van der Waals surface area contributed by atoms with Gasteiger partial charge in [0.05, 0.1) is 7.11 Å². The number of β-amino-alcohol motifs (C(OH)–C–C–N with tert-alkyl or cyclic N) is 1. The third-order valence-corrected chi connectivity index (χ3v) is 5.33. The summed E-state index contributed by atoms with van der Waals surface area (Å²) in [5.41, 5.74) is 7.24. The van der Waals surface area contributed by atoms with Crippen LogP contribution in [-0.2, 0) is 4.79 Å². The molecule has 1 amide bonds. The number of methoxy groups -OCH3 is 1. The van der Waals surface area contributed by atoms with Crippen molar-refractivity contribution in [2.24, 2.45) is 0 Å². The molecule has 2 unspecified atom stereocenters. The van der Waals surface area contributed by atoms with Crippen molar-refractivity contribution in [3.8, 4) is 11.5 Å². The Balaban J connectivity index is 1.42. The van der Waals surface area contributed by atoms with Gasteiger partial charge in [0, 0.05) is 43.1 Å². The number of piperidine rings is 1. The Labute approximate surface area is 183 Å². The minimum absolute atomic E-state index is 0.0803. The first-order valence-electron chi connectivity index (χ1n) is 10.6. The number of carbonyl (C=O) groups excluding carboxylic acids is 1. The molecule has 0 aliphatic carbocycles. The molecule has 2 aromatic carbocycles. The van der Waals surface area contributed by atoms with Gasteiger partial charge in [-0.1, -0.05) is 18.2 Å². The Morgan fingerprint density at radius 2 is 1.90 bits per heavy atom. The average molecular weight is 429 g/mol. The van der Waals surface area contributed by atoms with Gasteiger partial charge in [-0.15, -0.1) is 0 Å². The number of nitrogens with zero attached hydrogens (tertiary/aromatic N) is 1. The fraction of sp³-hybridized carbons (Fsp3) is 0.435. The van der Waals surface area contributed by atoms with Crippen LogP contribution in [0.5, 0.6) is 11.5 Å². The lowest BCUT2D eigenvalue weighted by Crippen LogP contribution is -2.49. The van der Waals surface area contributed by atoms with Crippen LogP contribution in [0.25, 0.3) is 0 Å². The first-order chi connectivity index (χ1) is 14.9. The van der Waals surface area contributed by atoms with Gasteiger partial charge in [-0.3, -0.25) is 9.69 Å². The first-order valence-corrected chi connectivity index (χ1v) is 10.6.